The summed E-state index contributed by atoms with van der Waals surface area (Å²) in [6.45, 7) is 5.94. The van der Waals surface area contributed by atoms with Crippen molar-refractivity contribution < 1.29 is 28.7 Å². The van der Waals surface area contributed by atoms with Gasteiger partial charge in [-0.2, -0.15) is 0 Å². The highest BCUT2D eigenvalue weighted by Gasteiger charge is 2.36. The fourth-order valence-electron chi connectivity index (χ4n) is 3.82. The quantitative estimate of drug-likeness (QED) is 0.341. The summed E-state index contributed by atoms with van der Waals surface area (Å²) in [5.74, 6) is -0.927. The number of hydrogen-bond acceptors (Lipinski definition) is 6. The molecule has 5 amide bonds. The van der Waals surface area contributed by atoms with Gasteiger partial charge in [0.1, 0.15) is 17.1 Å². The third kappa shape index (κ3) is 6.07. The summed E-state index contributed by atoms with van der Waals surface area (Å²) in [4.78, 5) is 51.4. The highest BCUT2D eigenvalue weighted by atomic mass is 16.5. The first-order valence-corrected chi connectivity index (χ1v) is 12.0. The number of anilines is 2. The van der Waals surface area contributed by atoms with Crippen LogP contribution in [0.15, 0.2) is 72.3 Å². The largest absolute Gasteiger partial charge is 0.494 e. The molecule has 0 aromatic heterocycles. The second-order valence-corrected chi connectivity index (χ2v) is 8.61. The molecule has 0 saturated carbocycles. The number of nitrogens with zero attached hydrogens (tertiary/aromatic N) is 1. The van der Waals surface area contributed by atoms with E-state index >= 15 is 0 Å². The van der Waals surface area contributed by atoms with Gasteiger partial charge in [-0.15, -0.1) is 0 Å². The first-order chi connectivity index (χ1) is 18.2. The Morgan fingerprint density at radius 3 is 2.45 bits per heavy atom. The Bertz CT molecular complexity index is 1430. The lowest BCUT2D eigenvalue weighted by atomic mass is 10.1. The van der Waals surface area contributed by atoms with Crippen LogP contribution in [0, 0.1) is 13.8 Å². The summed E-state index contributed by atoms with van der Waals surface area (Å²) >= 11 is 0. The number of carbonyl (C=O) groups excluding carboxylic acids is 4. The third-order valence-corrected chi connectivity index (χ3v) is 5.71. The van der Waals surface area contributed by atoms with E-state index < -0.39 is 17.8 Å². The molecular weight excluding hydrogens is 486 g/mol. The van der Waals surface area contributed by atoms with E-state index in [1.807, 2.05) is 39.0 Å². The Balaban J connectivity index is 1.48. The van der Waals surface area contributed by atoms with E-state index in [1.165, 1.54) is 6.08 Å². The summed E-state index contributed by atoms with van der Waals surface area (Å²) < 4.78 is 11.0. The Labute approximate surface area is 220 Å². The molecule has 0 aliphatic carbocycles. The summed E-state index contributed by atoms with van der Waals surface area (Å²) in [6.07, 6.45) is 1.37. The van der Waals surface area contributed by atoms with Crippen LogP contribution >= 0.6 is 0 Å². The van der Waals surface area contributed by atoms with Crippen LogP contribution in [0.4, 0.5) is 16.2 Å². The molecule has 0 bridgehead atoms. The lowest BCUT2D eigenvalue weighted by Crippen LogP contribution is -2.54. The Kier molecular flexibility index (Phi) is 7.86. The number of carbonyl (C=O) groups is 4. The monoisotopic (exact) mass is 513 g/mol. The van der Waals surface area contributed by atoms with E-state index in [-0.39, 0.29) is 18.1 Å². The molecule has 194 valence electrons. The van der Waals surface area contributed by atoms with Crippen molar-refractivity contribution in [1.82, 2.24) is 5.32 Å². The summed E-state index contributed by atoms with van der Waals surface area (Å²) in [7, 11) is 0. The number of imide groups is 2. The minimum atomic E-state index is -0.840. The maximum Gasteiger partial charge on any atom is 0.335 e. The number of nitrogens with one attached hydrogen (secondary N) is 2. The minimum Gasteiger partial charge on any atom is -0.494 e. The number of rotatable bonds is 8. The first kappa shape index (κ1) is 26.2. The standard InChI is InChI=1S/C29H27N3O6/c1-4-37-22-12-10-21(11-13-22)32-28(35)24(27(34)31-29(32)36)16-20-6-5-7-23(15-20)38-17-26(33)30-25-14-18(2)8-9-19(25)3/h5-16H,4,17H2,1-3H3,(H,30,33)(H,31,34,36)/b24-16+. The molecule has 38 heavy (non-hydrogen) atoms. The molecule has 9 nitrogen and oxygen atoms in total. The van der Waals surface area contributed by atoms with Crippen LogP contribution in [0.2, 0.25) is 0 Å². The van der Waals surface area contributed by atoms with Gasteiger partial charge in [-0.25, -0.2) is 9.69 Å². The number of amides is 5. The average Bonchev–Trinajstić information content (AvgIpc) is 2.89. The van der Waals surface area contributed by atoms with Crippen molar-refractivity contribution in [1.29, 1.82) is 0 Å². The van der Waals surface area contributed by atoms with Gasteiger partial charge in [0.15, 0.2) is 6.61 Å². The van der Waals surface area contributed by atoms with Crippen LogP contribution in [0.25, 0.3) is 6.08 Å². The van der Waals surface area contributed by atoms with Gasteiger partial charge in [-0.1, -0.05) is 24.3 Å². The normalized spacial score (nSPS) is 14.3. The molecule has 1 aliphatic heterocycles. The fraction of sp³-hybridized carbons (Fsp3) is 0.172. The molecule has 1 saturated heterocycles. The molecule has 0 radical (unpaired) electrons. The zero-order chi connectivity index (χ0) is 27.2. The Morgan fingerprint density at radius 2 is 1.71 bits per heavy atom. The summed E-state index contributed by atoms with van der Waals surface area (Å²) in [5, 5.41) is 5.03. The van der Waals surface area contributed by atoms with Gasteiger partial charge in [0.05, 0.1) is 12.3 Å². The number of hydrogen-bond donors (Lipinski definition) is 2. The first-order valence-electron chi connectivity index (χ1n) is 12.0. The predicted octanol–water partition coefficient (Wildman–Crippen LogP) is 4.39. The van der Waals surface area contributed by atoms with Crippen LogP contribution in [0.1, 0.15) is 23.6 Å². The maximum absolute atomic E-state index is 13.1. The van der Waals surface area contributed by atoms with Crippen LogP contribution in [0.5, 0.6) is 11.5 Å². The van der Waals surface area contributed by atoms with E-state index in [9.17, 15) is 19.2 Å². The lowest BCUT2D eigenvalue weighted by molar-refractivity contribution is -0.122. The van der Waals surface area contributed by atoms with Crippen molar-refractivity contribution in [3.63, 3.8) is 0 Å². The fourth-order valence-corrected chi connectivity index (χ4v) is 3.82. The molecule has 1 fully saturated rings. The molecule has 0 unspecified atom stereocenters. The minimum absolute atomic E-state index is 0.219. The Hall–Kier alpha value is -4.92. The van der Waals surface area contributed by atoms with E-state index in [2.05, 4.69) is 10.6 Å². The number of barbiturate groups is 1. The summed E-state index contributed by atoms with van der Waals surface area (Å²) in [5.41, 5.74) is 3.23. The third-order valence-electron chi connectivity index (χ3n) is 5.71. The topological polar surface area (TPSA) is 114 Å². The van der Waals surface area contributed by atoms with Gasteiger partial charge >= 0.3 is 6.03 Å². The molecule has 0 atom stereocenters. The van der Waals surface area contributed by atoms with Crippen molar-refractivity contribution >= 4 is 41.2 Å². The van der Waals surface area contributed by atoms with Crippen molar-refractivity contribution in [2.45, 2.75) is 20.8 Å². The second-order valence-electron chi connectivity index (χ2n) is 8.61. The number of urea groups is 1. The van der Waals surface area contributed by atoms with Gasteiger partial charge in [-0.05, 0) is 86.0 Å². The molecule has 0 spiro atoms. The average molecular weight is 514 g/mol. The number of ether oxygens (including phenoxy) is 2. The highest BCUT2D eigenvalue weighted by molar-refractivity contribution is 6.39. The van der Waals surface area contributed by atoms with Gasteiger partial charge in [-0.3, -0.25) is 19.7 Å². The van der Waals surface area contributed by atoms with Gasteiger partial charge in [0.2, 0.25) is 0 Å². The molecule has 4 rings (SSSR count). The molecule has 3 aromatic carbocycles. The molecule has 1 heterocycles. The van der Waals surface area contributed by atoms with Crippen LogP contribution in [0.3, 0.4) is 0 Å². The second kappa shape index (κ2) is 11.4. The van der Waals surface area contributed by atoms with Crippen LogP contribution in [-0.4, -0.2) is 37.0 Å². The summed E-state index contributed by atoms with van der Waals surface area (Å²) in [6, 6.07) is 17.9. The van der Waals surface area contributed by atoms with Crippen LogP contribution < -0.4 is 25.0 Å². The van der Waals surface area contributed by atoms with E-state index in [1.54, 1.807) is 48.5 Å². The molecule has 1 aliphatic rings. The molecule has 3 aromatic rings. The molecule has 9 heteroatoms. The van der Waals surface area contributed by atoms with Gasteiger partial charge in [0, 0.05) is 5.69 Å². The highest BCUT2D eigenvalue weighted by Crippen LogP contribution is 2.25. The smallest absolute Gasteiger partial charge is 0.335 e. The van der Waals surface area contributed by atoms with Crippen molar-refractivity contribution in [2.24, 2.45) is 0 Å². The van der Waals surface area contributed by atoms with E-state index in [0.717, 1.165) is 16.0 Å². The predicted molar refractivity (Wildman–Crippen MR) is 143 cm³/mol. The van der Waals surface area contributed by atoms with Crippen molar-refractivity contribution in [3.8, 4) is 11.5 Å². The van der Waals surface area contributed by atoms with Gasteiger partial charge in [0.25, 0.3) is 17.7 Å². The molecular formula is C29H27N3O6. The number of aryl methyl sites for hydroxylation is 2. The SMILES string of the molecule is CCOc1ccc(N2C(=O)NC(=O)/C(=C\c3cccc(OCC(=O)Nc4cc(C)ccc4C)c3)C2=O)cc1. The zero-order valence-electron chi connectivity index (χ0n) is 21.2. The van der Waals surface area contributed by atoms with Crippen molar-refractivity contribution in [2.75, 3.05) is 23.4 Å². The molecule has 2 N–H and O–H groups in total. The van der Waals surface area contributed by atoms with Gasteiger partial charge < -0.3 is 14.8 Å². The maximum atomic E-state index is 13.1. The number of benzene rings is 3. The Morgan fingerprint density at radius 1 is 0.947 bits per heavy atom. The van der Waals surface area contributed by atoms with Crippen molar-refractivity contribution in [3.05, 3.63) is 89.0 Å². The van der Waals surface area contributed by atoms with E-state index in [4.69, 9.17) is 9.47 Å². The lowest BCUT2D eigenvalue weighted by Gasteiger charge is -2.26. The zero-order valence-corrected chi connectivity index (χ0v) is 21.2. The van der Waals surface area contributed by atoms with Crippen LogP contribution in [-0.2, 0) is 14.4 Å². The van der Waals surface area contributed by atoms with E-state index in [0.29, 0.717) is 35.0 Å².